The quantitative estimate of drug-likeness (QED) is 0.381. The van der Waals surface area contributed by atoms with Crippen LogP contribution in [0.3, 0.4) is 0 Å². The SMILES string of the molecule is COCCOCCOCCOCc1ccc(=S)n(O)c1. The molecule has 0 amide bonds. The van der Waals surface area contributed by atoms with Crippen molar-refractivity contribution < 1.29 is 24.2 Å². The van der Waals surface area contributed by atoms with Crippen LogP contribution in [0.1, 0.15) is 5.56 Å². The standard InChI is InChI=1S/C13H21NO5S/c1-16-4-5-17-6-7-18-8-9-19-11-12-2-3-13(20)14(15)10-12/h2-3,10,15H,4-9,11H2,1H3. The number of rotatable bonds is 11. The first-order valence-corrected chi connectivity index (χ1v) is 6.78. The molecule has 1 aromatic heterocycles. The summed E-state index contributed by atoms with van der Waals surface area (Å²) in [5.41, 5.74) is 0.851. The highest BCUT2D eigenvalue weighted by molar-refractivity contribution is 7.71. The third-order valence-electron chi connectivity index (χ3n) is 2.40. The Hall–Kier alpha value is -0.990. The van der Waals surface area contributed by atoms with Crippen LogP contribution in [0.4, 0.5) is 0 Å². The van der Waals surface area contributed by atoms with E-state index < -0.39 is 0 Å². The molecule has 1 N–H and O–H groups in total. The Morgan fingerprint density at radius 3 is 2.20 bits per heavy atom. The summed E-state index contributed by atoms with van der Waals surface area (Å²) < 4.78 is 22.1. The van der Waals surface area contributed by atoms with Crippen LogP contribution >= 0.6 is 12.2 Å². The van der Waals surface area contributed by atoms with Crippen LogP contribution in [0.5, 0.6) is 0 Å². The van der Waals surface area contributed by atoms with E-state index in [1.807, 2.05) is 6.07 Å². The van der Waals surface area contributed by atoms with Gasteiger partial charge in [-0.1, -0.05) is 18.3 Å². The first kappa shape index (κ1) is 17.1. The third-order valence-corrected chi connectivity index (χ3v) is 2.72. The highest BCUT2D eigenvalue weighted by Gasteiger charge is 1.96. The Kier molecular flexibility index (Phi) is 9.18. The number of ether oxygens (including phenoxy) is 4. The Morgan fingerprint density at radius 2 is 1.60 bits per heavy atom. The van der Waals surface area contributed by atoms with E-state index in [-0.39, 0.29) is 0 Å². The van der Waals surface area contributed by atoms with Gasteiger partial charge in [-0.05, 0) is 11.6 Å². The summed E-state index contributed by atoms with van der Waals surface area (Å²) in [6, 6.07) is 3.47. The fourth-order valence-corrected chi connectivity index (χ4v) is 1.50. The molecule has 1 aromatic rings. The van der Waals surface area contributed by atoms with Crippen molar-refractivity contribution >= 4 is 12.2 Å². The van der Waals surface area contributed by atoms with Gasteiger partial charge in [-0.2, -0.15) is 4.73 Å². The molecule has 1 heterocycles. The number of nitrogens with zero attached hydrogens (tertiary/aromatic N) is 1. The molecule has 0 aliphatic carbocycles. The van der Waals surface area contributed by atoms with Gasteiger partial charge in [-0.25, -0.2) is 0 Å². The second-order valence-electron chi connectivity index (χ2n) is 3.99. The van der Waals surface area contributed by atoms with Gasteiger partial charge in [-0.3, -0.25) is 0 Å². The average Bonchev–Trinajstić information content (AvgIpc) is 2.45. The topological polar surface area (TPSA) is 62.1 Å². The normalized spacial score (nSPS) is 10.8. The van der Waals surface area contributed by atoms with Crippen LogP contribution in [0.2, 0.25) is 0 Å². The molecule has 0 unspecified atom stereocenters. The second-order valence-corrected chi connectivity index (χ2v) is 4.41. The molecule has 20 heavy (non-hydrogen) atoms. The predicted molar refractivity (Wildman–Crippen MR) is 75.6 cm³/mol. The number of methoxy groups -OCH3 is 1. The zero-order valence-corrected chi connectivity index (χ0v) is 12.4. The molecule has 0 aliphatic heterocycles. The van der Waals surface area contributed by atoms with Gasteiger partial charge >= 0.3 is 0 Å². The highest BCUT2D eigenvalue weighted by Crippen LogP contribution is 2.01. The van der Waals surface area contributed by atoms with E-state index in [2.05, 4.69) is 0 Å². The van der Waals surface area contributed by atoms with E-state index >= 15 is 0 Å². The zero-order valence-electron chi connectivity index (χ0n) is 11.6. The number of pyridine rings is 1. The minimum atomic E-state index is 0.366. The van der Waals surface area contributed by atoms with E-state index in [1.165, 1.54) is 6.20 Å². The van der Waals surface area contributed by atoms with Crippen LogP contribution in [-0.4, -0.2) is 56.7 Å². The minimum absolute atomic E-state index is 0.366. The first-order valence-electron chi connectivity index (χ1n) is 6.37. The van der Waals surface area contributed by atoms with Crippen molar-refractivity contribution in [3.63, 3.8) is 0 Å². The summed E-state index contributed by atoms with van der Waals surface area (Å²) in [4.78, 5) is 0. The molecular formula is C13H21NO5S. The van der Waals surface area contributed by atoms with Gasteiger partial charge in [0.25, 0.3) is 0 Å². The number of hydrogen-bond acceptors (Lipinski definition) is 6. The van der Waals surface area contributed by atoms with Gasteiger partial charge in [0.1, 0.15) is 4.64 Å². The molecule has 0 aliphatic rings. The fourth-order valence-electron chi connectivity index (χ4n) is 1.38. The van der Waals surface area contributed by atoms with E-state index in [0.29, 0.717) is 50.9 Å². The Morgan fingerprint density at radius 1 is 1.00 bits per heavy atom. The van der Waals surface area contributed by atoms with Gasteiger partial charge < -0.3 is 24.2 Å². The number of hydrogen-bond donors (Lipinski definition) is 1. The van der Waals surface area contributed by atoms with Crippen LogP contribution in [0.25, 0.3) is 0 Å². The summed E-state index contributed by atoms with van der Waals surface area (Å²) >= 11 is 4.87. The lowest BCUT2D eigenvalue weighted by atomic mass is 10.3. The molecule has 6 nitrogen and oxygen atoms in total. The molecule has 0 saturated carbocycles. The monoisotopic (exact) mass is 303 g/mol. The molecule has 0 radical (unpaired) electrons. The highest BCUT2D eigenvalue weighted by atomic mass is 32.1. The second kappa shape index (κ2) is 10.8. The van der Waals surface area contributed by atoms with Crippen molar-refractivity contribution in [1.29, 1.82) is 0 Å². The lowest BCUT2D eigenvalue weighted by Crippen LogP contribution is -2.11. The first-order chi connectivity index (χ1) is 9.74. The van der Waals surface area contributed by atoms with Crippen molar-refractivity contribution in [1.82, 2.24) is 4.73 Å². The molecule has 0 aromatic carbocycles. The lowest BCUT2D eigenvalue weighted by molar-refractivity contribution is 0.000663. The predicted octanol–water partition coefficient (Wildman–Crippen LogP) is 1.65. The van der Waals surface area contributed by atoms with Gasteiger partial charge in [0.2, 0.25) is 0 Å². The Balaban J connectivity index is 1.97. The summed E-state index contributed by atoms with van der Waals surface area (Å²) in [6.45, 7) is 3.66. The van der Waals surface area contributed by atoms with Gasteiger partial charge in [0, 0.05) is 7.11 Å². The van der Waals surface area contributed by atoms with E-state index in [0.717, 1.165) is 10.3 Å². The van der Waals surface area contributed by atoms with Gasteiger partial charge in [0.15, 0.2) is 0 Å². The van der Waals surface area contributed by atoms with Crippen molar-refractivity contribution in [2.75, 3.05) is 46.8 Å². The largest absolute Gasteiger partial charge is 0.428 e. The molecule has 0 fully saturated rings. The van der Waals surface area contributed by atoms with E-state index in [9.17, 15) is 5.21 Å². The molecule has 7 heteroatoms. The molecule has 0 spiro atoms. The summed E-state index contributed by atoms with van der Waals surface area (Å²) in [5.74, 6) is 0. The van der Waals surface area contributed by atoms with Gasteiger partial charge in [0.05, 0.1) is 52.4 Å². The van der Waals surface area contributed by atoms with E-state index in [1.54, 1.807) is 13.2 Å². The van der Waals surface area contributed by atoms with Crippen molar-refractivity contribution in [3.05, 3.63) is 28.5 Å². The summed E-state index contributed by atoms with van der Waals surface area (Å²) in [6.07, 6.45) is 1.53. The molecule has 1 rings (SSSR count). The molecule has 0 bridgehead atoms. The fraction of sp³-hybridized carbons (Fsp3) is 0.615. The zero-order chi connectivity index (χ0) is 14.6. The van der Waals surface area contributed by atoms with Crippen LogP contribution in [0.15, 0.2) is 18.3 Å². The lowest BCUT2D eigenvalue weighted by Gasteiger charge is -2.07. The Labute approximate surface area is 123 Å². The molecule has 0 atom stereocenters. The molecule has 0 saturated heterocycles. The van der Waals surface area contributed by atoms with Crippen molar-refractivity contribution in [2.45, 2.75) is 6.61 Å². The molecular weight excluding hydrogens is 282 g/mol. The van der Waals surface area contributed by atoms with Crippen molar-refractivity contribution in [3.8, 4) is 0 Å². The van der Waals surface area contributed by atoms with E-state index in [4.69, 9.17) is 31.2 Å². The number of aromatic nitrogens is 1. The third kappa shape index (κ3) is 7.56. The van der Waals surface area contributed by atoms with Crippen LogP contribution in [0, 0.1) is 4.64 Å². The van der Waals surface area contributed by atoms with Crippen LogP contribution < -0.4 is 0 Å². The molecule has 114 valence electrons. The van der Waals surface area contributed by atoms with Gasteiger partial charge in [-0.15, -0.1) is 0 Å². The maximum absolute atomic E-state index is 9.37. The summed E-state index contributed by atoms with van der Waals surface area (Å²) in [7, 11) is 1.64. The average molecular weight is 303 g/mol. The maximum atomic E-state index is 9.37. The minimum Gasteiger partial charge on any atom is -0.428 e. The smallest absolute Gasteiger partial charge is 0.142 e. The maximum Gasteiger partial charge on any atom is 0.142 e. The summed E-state index contributed by atoms with van der Waals surface area (Å²) in [5, 5.41) is 9.37. The van der Waals surface area contributed by atoms with Crippen molar-refractivity contribution in [2.24, 2.45) is 0 Å². The van der Waals surface area contributed by atoms with Crippen LogP contribution in [-0.2, 0) is 25.6 Å². The Bertz CT molecular complexity index is 423.